The van der Waals surface area contributed by atoms with Crippen LogP contribution in [0.15, 0.2) is 24.3 Å². The monoisotopic (exact) mass is 160 g/mol. The summed E-state index contributed by atoms with van der Waals surface area (Å²) in [5.74, 6) is 0.889. The van der Waals surface area contributed by atoms with E-state index < -0.39 is 0 Å². The first-order valence-electron chi connectivity index (χ1n) is 3.02. The molecule has 0 saturated heterocycles. The molecule has 0 fully saturated rings. The van der Waals surface area contributed by atoms with E-state index in [1.54, 1.807) is 0 Å². The third-order valence-corrected chi connectivity index (χ3v) is 0.990. The van der Waals surface area contributed by atoms with Gasteiger partial charge in [0.2, 0.25) is 0 Å². The number of hydrogen-bond donors (Lipinski definition) is 0. The van der Waals surface area contributed by atoms with Crippen molar-refractivity contribution in [3.05, 3.63) is 30.3 Å². The van der Waals surface area contributed by atoms with Gasteiger partial charge in [0, 0.05) is 5.75 Å². The molecule has 0 saturated carbocycles. The van der Waals surface area contributed by atoms with Crippen LogP contribution in [0.25, 0.3) is 0 Å². The van der Waals surface area contributed by atoms with Crippen LogP contribution in [0.3, 0.4) is 0 Å². The van der Waals surface area contributed by atoms with Crippen LogP contribution in [-0.4, -0.2) is 6.61 Å². The van der Waals surface area contributed by atoms with Gasteiger partial charge in [-0.15, -0.1) is 12.1 Å². The summed E-state index contributed by atoms with van der Waals surface area (Å²) in [6.45, 7) is 2.69. The third kappa shape index (κ3) is 3.73. The third-order valence-electron chi connectivity index (χ3n) is 0.990. The summed E-state index contributed by atoms with van der Waals surface area (Å²) in [6, 6.07) is 10.4. The Hall–Kier alpha value is 0.656. The van der Waals surface area contributed by atoms with Crippen molar-refractivity contribution < 1.29 is 56.1 Å². The number of hydrogen-bond acceptors (Lipinski definition) is 1. The largest absolute Gasteiger partial charge is 1.00 e. The molecule has 0 heterocycles. The molecule has 10 heavy (non-hydrogen) atoms. The van der Waals surface area contributed by atoms with Crippen LogP contribution in [0.2, 0.25) is 0 Å². The van der Waals surface area contributed by atoms with Gasteiger partial charge in [-0.3, -0.25) is 0 Å². The van der Waals surface area contributed by atoms with Gasteiger partial charge < -0.3 is 4.74 Å². The zero-order chi connectivity index (χ0) is 6.53. The Morgan fingerprint density at radius 3 is 2.90 bits per heavy atom. The van der Waals surface area contributed by atoms with E-state index in [1.165, 1.54) is 0 Å². The van der Waals surface area contributed by atoms with Crippen LogP contribution in [0.4, 0.5) is 0 Å². The van der Waals surface area contributed by atoms with Gasteiger partial charge in [0.25, 0.3) is 0 Å². The van der Waals surface area contributed by atoms with Crippen LogP contribution in [-0.2, 0) is 0 Å². The van der Waals surface area contributed by atoms with Gasteiger partial charge in [-0.1, -0.05) is 0 Å². The molecule has 0 spiro atoms. The first-order valence-corrected chi connectivity index (χ1v) is 3.02. The van der Waals surface area contributed by atoms with Gasteiger partial charge in [-0.25, -0.2) is 0 Å². The van der Waals surface area contributed by atoms with Crippen molar-refractivity contribution in [1.29, 1.82) is 0 Å². The van der Waals surface area contributed by atoms with Crippen LogP contribution < -0.4 is 56.1 Å². The van der Waals surface area contributed by atoms with Crippen LogP contribution >= 0.6 is 0 Å². The van der Waals surface area contributed by atoms with E-state index in [1.807, 2.05) is 31.2 Å². The van der Waals surface area contributed by atoms with E-state index in [0.717, 1.165) is 12.4 Å². The van der Waals surface area contributed by atoms with Crippen molar-refractivity contribution in [2.45, 2.75) is 6.92 Å². The van der Waals surface area contributed by atoms with Crippen molar-refractivity contribution in [3.63, 3.8) is 0 Å². The summed E-state index contributed by atoms with van der Waals surface area (Å²) in [7, 11) is 0. The van der Waals surface area contributed by atoms with Crippen LogP contribution in [0.1, 0.15) is 6.92 Å². The predicted octanol–water partition coefficient (Wildman–Crippen LogP) is -1.11. The zero-order valence-electron chi connectivity index (χ0n) is 6.42. The maximum absolute atomic E-state index is 5.17. The summed E-state index contributed by atoms with van der Waals surface area (Å²) >= 11 is 0. The molecule has 0 radical (unpaired) electrons. The van der Waals surface area contributed by atoms with Gasteiger partial charge in [-0.2, -0.15) is 18.2 Å². The molecule has 0 N–H and O–H groups in total. The topological polar surface area (TPSA) is 9.23 Å². The number of benzene rings is 1. The van der Waals surface area contributed by atoms with Gasteiger partial charge >= 0.3 is 51.4 Å². The minimum absolute atomic E-state index is 0. The van der Waals surface area contributed by atoms with Gasteiger partial charge in [0.15, 0.2) is 0 Å². The second kappa shape index (κ2) is 6.37. The molecule has 1 aromatic carbocycles. The quantitative estimate of drug-likeness (QED) is 0.394. The van der Waals surface area contributed by atoms with Gasteiger partial charge in [0.1, 0.15) is 0 Å². The Morgan fingerprint density at radius 1 is 1.60 bits per heavy atom. The smallest absolute Gasteiger partial charge is 0.551 e. The van der Waals surface area contributed by atoms with Crippen molar-refractivity contribution in [1.82, 2.24) is 0 Å². The Labute approximate surface area is 104 Å². The molecule has 0 amide bonds. The summed E-state index contributed by atoms with van der Waals surface area (Å²) in [5, 5.41) is 0. The minimum Gasteiger partial charge on any atom is -0.551 e. The molecular weight excluding hydrogens is 151 g/mol. The maximum Gasteiger partial charge on any atom is 1.00 e. The van der Waals surface area contributed by atoms with Crippen molar-refractivity contribution >= 4 is 0 Å². The van der Waals surface area contributed by atoms with Gasteiger partial charge in [-0.05, 0) is 6.92 Å². The van der Waals surface area contributed by atoms with Crippen molar-refractivity contribution in [3.8, 4) is 5.75 Å². The van der Waals surface area contributed by atoms with E-state index >= 15 is 0 Å². The molecule has 0 aliphatic rings. The Morgan fingerprint density at radius 2 is 2.40 bits per heavy atom. The second-order valence-corrected chi connectivity index (χ2v) is 1.67. The summed E-state index contributed by atoms with van der Waals surface area (Å²) in [5.41, 5.74) is 0. The average Bonchev–Trinajstić information content (AvgIpc) is 1.91. The average molecular weight is 160 g/mol. The fourth-order valence-corrected chi connectivity index (χ4v) is 0.633. The molecule has 1 rings (SSSR count). The number of ether oxygens (including phenoxy) is 1. The second-order valence-electron chi connectivity index (χ2n) is 1.67. The SMILES string of the molecule is CCOc1c[c-]ccc1.[K+]. The normalized spacial score (nSPS) is 8.10. The molecule has 0 aliphatic carbocycles. The Bertz CT molecular complexity index is 162. The molecule has 0 bridgehead atoms. The first kappa shape index (κ1) is 10.7. The molecule has 1 aromatic rings. The van der Waals surface area contributed by atoms with Crippen LogP contribution in [0.5, 0.6) is 5.75 Å². The standard InChI is InChI=1S/C8H9O.K/c1-2-9-8-6-4-3-5-7-8;/h3-4,6-7H,2H2,1H3;/q-1;+1. The molecule has 2 heteroatoms. The summed E-state index contributed by atoms with van der Waals surface area (Å²) in [4.78, 5) is 0. The summed E-state index contributed by atoms with van der Waals surface area (Å²) < 4.78 is 5.17. The molecule has 0 aliphatic heterocycles. The van der Waals surface area contributed by atoms with E-state index in [9.17, 15) is 0 Å². The molecule has 1 nitrogen and oxygen atoms in total. The van der Waals surface area contributed by atoms with Crippen LogP contribution in [0, 0.1) is 6.07 Å². The van der Waals surface area contributed by atoms with E-state index in [0.29, 0.717) is 0 Å². The van der Waals surface area contributed by atoms with Crippen molar-refractivity contribution in [2.75, 3.05) is 6.61 Å². The fourth-order valence-electron chi connectivity index (χ4n) is 0.633. The zero-order valence-corrected chi connectivity index (χ0v) is 9.55. The molecule has 0 atom stereocenters. The van der Waals surface area contributed by atoms with Crippen molar-refractivity contribution in [2.24, 2.45) is 0 Å². The molecule has 48 valence electrons. The number of rotatable bonds is 2. The summed E-state index contributed by atoms with van der Waals surface area (Å²) in [6.07, 6.45) is 0. The Kier molecular flexibility index (Phi) is 6.79. The molecule has 0 unspecified atom stereocenters. The minimum atomic E-state index is 0. The fraction of sp³-hybridized carbons (Fsp3) is 0.250. The maximum atomic E-state index is 5.17. The Balaban J connectivity index is 0.000000810. The van der Waals surface area contributed by atoms with E-state index in [4.69, 9.17) is 4.74 Å². The first-order chi connectivity index (χ1) is 4.43. The predicted molar refractivity (Wildman–Crippen MR) is 36.4 cm³/mol. The van der Waals surface area contributed by atoms with Gasteiger partial charge in [0.05, 0.1) is 6.61 Å². The van der Waals surface area contributed by atoms with E-state index in [-0.39, 0.29) is 51.4 Å². The molecular formula is C8H9KO. The van der Waals surface area contributed by atoms with E-state index in [2.05, 4.69) is 6.07 Å². The molecule has 0 aromatic heterocycles.